The Hall–Kier alpha value is -2.58. The molecule has 8 heteroatoms. The van der Waals surface area contributed by atoms with Gasteiger partial charge in [0.1, 0.15) is 23.1 Å². The number of aromatic nitrogens is 4. The predicted octanol–water partition coefficient (Wildman–Crippen LogP) is 2.07. The van der Waals surface area contributed by atoms with Crippen molar-refractivity contribution in [2.75, 3.05) is 25.6 Å². The van der Waals surface area contributed by atoms with Gasteiger partial charge in [-0.25, -0.2) is 19.0 Å². The number of ether oxygens (including phenoxy) is 1. The minimum Gasteiger partial charge on any atom is -0.386 e. The van der Waals surface area contributed by atoms with Gasteiger partial charge in [0.05, 0.1) is 23.9 Å². The highest BCUT2D eigenvalue weighted by Gasteiger charge is 2.21. The van der Waals surface area contributed by atoms with Crippen LogP contribution in [0, 0.1) is 12.7 Å². The molecule has 0 radical (unpaired) electrons. The molecule has 132 valence electrons. The van der Waals surface area contributed by atoms with E-state index < -0.39 is 5.60 Å². The summed E-state index contributed by atoms with van der Waals surface area (Å²) in [6, 6.07) is 6.14. The Kier molecular flexibility index (Phi) is 4.65. The summed E-state index contributed by atoms with van der Waals surface area (Å²) in [6.45, 7) is 3.87. The monoisotopic (exact) mass is 345 g/mol. The second kappa shape index (κ2) is 6.73. The highest BCUT2D eigenvalue weighted by molar-refractivity contribution is 5.87. The van der Waals surface area contributed by atoms with E-state index in [4.69, 9.17) is 4.74 Å². The van der Waals surface area contributed by atoms with Gasteiger partial charge in [-0.3, -0.25) is 0 Å². The number of halogens is 1. The molecule has 0 saturated heterocycles. The average Bonchev–Trinajstić information content (AvgIpc) is 2.96. The Bertz CT molecular complexity index is 894. The molecule has 0 fully saturated rings. The first-order chi connectivity index (χ1) is 11.9. The van der Waals surface area contributed by atoms with E-state index in [0.29, 0.717) is 28.4 Å². The molecule has 1 atom stereocenters. The maximum absolute atomic E-state index is 13.5. The van der Waals surface area contributed by atoms with Gasteiger partial charge in [-0.2, -0.15) is 5.10 Å². The zero-order valence-corrected chi connectivity index (χ0v) is 14.3. The van der Waals surface area contributed by atoms with Crippen LogP contribution in [-0.4, -0.2) is 50.7 Å². The smallest absolute Gasteiger partial charge is 0.168 e. The first-order valence-electron chi connectivity index (χ1n) is 7.83. The zero-order valence-electron chi connectivity index (χ0n) is 14.3. The minimum absolute atomic E-state index is 0.190. The summed E-state index contributed by atoms with van der Waals surface area (Å²) in [5, 5.41) is 18.4. The summed E-state index contributed by atoms with van der Waals surface area (Å²) in [6.07, 6.45) is 1.62. The fraction of sp³-hybridized carbons (Fsp3) is 0.353. The lowest BCUT2D eigenvalue weighted by atomic mass is 10.1. The molecule has 7 nitrogen and oxygen atoms in total. The average molecular weight is 345 g/mol. The normalized spacial score (nSPS) is 13.8. The van der Waals surface area contributed by atoms with Crippen molar-refractivity contribution >= 4 is 16.9 Å². The number of nitrogens with zero attached hydrogens (tertiary/aromatic N) is 4. The first kappa shape index (κ1) is 17.2. The summed E-state index contributed by atoms with van der Waals surface area (Å²) < 4.78 is 20.1. The van der Waals surface area contributed by atoms with Crippen molar-refractivity contribution in [3.8, 4) is 5.69 Å². The number of anilines is 1. The number of hydrogen-bond donors (Lipinski definition) is 2. The van der Waals surface area contributed by atoms with E-state index in [-0.39, 0.29) is 19.0 Å². The highest BCUT2D eigenvalue weighted by Crippen LogP contribution is 2.23. The number of aryl methyl sites for hydroxylation is 1. The Morgan fingerprint density at radius 2 is 2.16 bits per heavy atom. The third kappa shape index (κ3) is 3.75. The molecule has 1 aromatic carbocycles. The topological polar surface area (TPSA) is 85.1 Å². The first-order valence-corrected chi connectivity index (χ1v) is 7.83. The number of hydrogen-bond acceptors (Lipinski definition) is 6. The number of methoxy groups -OCH3 is 1. The van der Waals surface area contributed by atoms with Gasteiger partial charge in [0, 0.05) is 13.7 Å². The Labute approximate surface area is 144 Å². The summed E-state index contributed by atoms with van der Waals surface area (Å²) in [5.74, 6) is 0.752. The summed E-state index contributed by atoms with van der Waals surface area (Å²) >= 11 is 0. The molecule has 0 aliphatic carbocycles. The summed E-state index contributed by atoms with van der Waals surface area (Å²) in [4.78, 5) is 8.81. The number of aliphatic hydroxyl groups is 1. The van der Waals surface area contributed by atoms with Crippen LogP contribution in [0.5, 0.6) is 0 Å². The van der Waals surface area contributed by atoms with Crippen molar-refractivity contribution in [3.63, 3.8) is 0 Å². The number of rotatable bonds is 6. The molecule has 0 aliphatic heterocycles. The van der Waals surface area contributed by atoms with Gasteiger partial charge in [0.25, 0.3) is 0 Å². The van der Waals surface area contributed by atoms with Crippen molar-refractivity contribution < 1.29 is 14.2 Å². The van der Waals surface area contributed by atoms with Crippen LogP contribution in [0.4, 0.5) is 10.2 Å². The molecule has 25 heavy (non-hydrogen) atoms. The molecule has 3 aromatic rings. The van der Waals surface area contributed by atoms with E-state index >= 15 is 0 Å². The van der Waals surface area contributed by atoms with Crippen molar-refractivity contribution in [2.24, 2.45) is 0 Å². The molecular weight excluding hydrogens is 325 g/mol. The standard InChI is InChI=1S/C17H20FN5O2/c1-11-21-15(19-9-17(2,24)10-25-3)14-8-20-23(16(14)22-11)13-6-4-5-12(18)7-13/h4-8,24H,9-10H2,1-3H3,(H,19,21,22). The number of nitrogens with one attached hydrogen (secondary N) is 1. The molecule has 0 saturated carbocycles. The van der Waals surface area contributed by atoms with Crippen molar-refractivity contribution in [1.29, 1.82) is 0 Å². The fourth-order valence-electron chi connectivity index (χ4n) is 2.58. The molecule has 2 aromatic heterocycles. The molecule has 0 bridgehead atoms. The lowest BCUT2D eigenvalue weighted by Crippen LogP contribution is -2.38. The van der Waals surface area contributed by atoms with Crippen molar-refractivity contribution in [1.82, 2.24) is 19.7 Å². The van der Waals surface area contributed by atoms with Crippen LogP contribution < -0.4 is 5.32 Å². The minimum atomic E-state index is -1.04. The van der Waals surface area contributed by atoms with E-state index in [1.807, 2.05) is 0 Å². The van der Waals surface area contributed by atoms with Crippen LogP contribution in [0.25, 0.3) is 16.7 Å². The lowest BCUT2D eigenvalue weighted by Gasteiger charge is -2.23. The predicted molar refractivity (Wildman–Crippen MR) is 92.3 cm³/mol. The van der Waals surface area contributed by atoms with Crippen molar-refractivity contribution in [2.45, 2.75) is 19.4 Å². The second-order valence-corrected chi connectivity index (χ2v) is 6.18. The maximum atomic E-state index is 13.5. The Balaban J connectivity index is 1.99. The number of benzene rings is 1. The van der Waals surface area contributed by atoms with Crippen LogP contribution >= 0.6 is 0 Å². The van der Waals surface area contributed by atoms with Gasteiger partial charge < -0.3 is 15.2 Å². The van der Waals surface area contributed by atoms with Crippen LogP contribution in [-0.2, 0) is 4.74 Å². The summed E-state index contributed by atoms with van der Waals surface area (Å²) in [7, 11) is 1.53. The van der Waals surface area contributed by atoms with Crippen LogP contribution in [0.1, 0.15) is 12.7 Å². The van der Waals surface area contributed by atoms with Gasteiger partial charge in [-0.1, -0.05) is 6.07 Å². The van der Waals surface area contributed by atoms with Crippen molar-refractivity contribution in [3.05, 3.63) is 42.1 Å². The summed E-state index contributed by atoms with van der Waals surface area (Å²) in [5.41, 5.74) is 0.0933. The van der Waals surface area contributed by atoms with E-state index in [9.17, 15) is 9.50 Å². The van der Waals surface area contributed by atoms with E-state index in [2.05, 4.69) is 20.4 Å². The van der Waals surface area contributed by atoms with Gasteiger partial charge in [-0.15, -0.1) is 0 Å². The Morgan fingerprint density at radius 1 is 1.36 bits per heavy atom. The fourth-order valence-corrected chi connectivity index (χ4v) is 2.58. The number of fused-ring (bicyclic) bond motifs is 1. The second-order valence-electron chi connectivity index (χ2n) is 6.18. The van der Waals surface area contributed by atoms with Gasteiger partial charge in [0.2, 0.25) is 0 Å². The third-order valence-corrected chi connectivity index (χ3v) is 3.68. The molecule has 2 heterocycles. The lowest BCUT2D eigenvalue weighted by molar-refractivity contribution is -0.00639. The van der Waals surface area contributed by atoms with Gasteiger partial charge in [-0.05, 0) is 32.0 Å². The third-order valence-electron chi connectivity index (χ3n) is 3.68. The molecule has 2 N–H and O–H groups in total. The van der Waals surface area contributed by atoms with Crippen LogP contribution in [0.3, 0.4) is 0 Å². The van der Waals surface area contributed by atoms with Crippen LogP contribution in [0.15, 0.2) is 30.5 Å². The molecule has 1 unspecified atom stereocenters. The van der Waals surface area contributed by atoms with E-state index in [0.717, 1.165) is 0 Å². The highest BCUT2D eigenvalue weighted by atomic mass is 19.1. The molecule has 3 rings (SSSR count). The van der Waals surface area contributed by atoms with E-state index in [1.165, 1.54) is 19.2 Å². The van der Waals surface area contributed by atoms with Gasteiger partial charge in [0.15, 0.2) is 5.65 Å². The zero-order chi connectivity index (χ0) is 18.0. The maximum Gasteiger partial charge on any atom is 0.168 e. The van der Waals surface area contributed by atoms with Gasteiger partial charge >= 0.3 is 0 Å². The molecule has 0 spiro atoms. The van der Waals surface area contributed by atoms with E-state index in [1.54, 1.807) is 36.9 Å². The quantitative estimate of drug-likeness (QED) is 0.711. The van der Waals surface area contributed by atoms with Crippen LogP contribution in [0.2, 0.25) is 0 Å². The molecule has 0 aliphatic rings. The molecule has 0 amide bonds. The Morgan fingerprint density at radius 3 is 2.88 bits per heavy atom. The largest absolute Gasteiger partial charge is 0.386 e. The SMILES string of the molecule is COCC(C)(O)CNc1nc(C)nc2c1cnn2-c1cccc(F)c1. The molecular formula is C17H20FN5O2.